The number of guanidine groups is 1. The summed E-state index contributed by atoms with van der Waals surface area (Å²) < 4.78 is 5.77. The number of aliphatic imine (C=N–C) groups is 1. The van der Waals surface area contributed by atoms with Gasteiger partial charge in [-0.15, -0.1) is 24.0 Å². The predicted molar refractivity (Wildman–Crippen MR) is 111 cm³/mol. The third kappa shape index (κ3) is 7.53. The van der Waals surface area contributed by atoms with Crippen LogP contribution in [0.3, 0.4) is 0 Å². The summed E-state index contributed by atoms with van der Waals surface area (Å²) in [5.74, 6) is 1.76. The van der Waals surface area contributed by atoms with Crippen molar-refractivity contribution in [2.45, 2.75) is 25.4 Å². The van der Waals surface area contributed by atoms with E-state index in [0.717, 1.165) is 37.6 Å². The van der Waals surface area contributed by atoms with Crippen molar-refractivity contribution < 1.29 is 4.74 Å². The zero-order valence-electron chi connectivity index (χ0n) is 14.8. The average Bonchev–Trinajstić information content (AvgIpc) is 3.04. The summed E-state index contributed by atoms with van der Waals surface area (Å²) in [5, 5.41) is 6.80. The number of nitrogens with zero attached hydrogens (tertiary/aromatic N) is 2. The van der Waals surface area contributed by atoms with E-state index in [2.05, 4.69) is 44.8 Å². The Morgan fingerprint density at radius 2 is 2.04 bits per heavy atom. The van der Waals surface area contributed by atoms with Gasteiger partial charge >= 0.3 is 0 Å². The van der Waals surface area contributed by atoms with Gasteiger partial charge in [-0.2, -0.15) is 0 Å². The predicted octanol–water partition coefficient (Wildman–Crippen LogP) is 2.63. The first-order valence-electron chi connectivity index (χ1n) is 8.16. The second-order valence-electron chi connectivity index (χ2n) is 6.01. The first-order valence-corrected chi connectivity index (χ1v) is 8.16. The van der Waals surface area contributed by atoms with Gasteiger partial charge < -0.3 is 20.3 Å². The minimum atomic E-state index is 0. The van der Waals surface area contributed by atoms with Gasteiger partial charge in [-0.05, 0) is 44.6 Å². The minimum absolute atomic E-state index is 0. The molecule has 1 aliphatic carbocycles. The Morgan fingerprint density at radius 3 is 2.71 bits per heavy atom. The molecule has 0 heterocycles. The van der Waals surface area contributed by atoms with E-state index in [1.165, 1.54) is 5.56 Å². The van der Waals surface area contributed by atoms with E-state index in [9.17, 15) is 0 Å². The van der Waals surface area contributed by atoms with Gasteiger partial charge in [0.1, 0.15) is 12.4 Å². The van der Waals surface area contributed by atoms with Crippen LogP contribution in [0, 0.1) is 0 Å². The molecule has 6 heteroatoms. The van der Waals surface area contributed by atoms with Gasteiger partial charge in [0.15, 0.2) is 5.96 Å². The molecule has 0 bridgehead atoms. The van der Waals surface area contributed by atoms with Gasteiger partial charge in [-0.3, -0.25) is 4.99 Å². The Morgan fingerprint density at radius 1 is 1.29 bits per heavy atom. The standard InChI is InChI=1S/C18H28N4O.HI/c1-19-18(21-16-8-4-5-9-16)20-14-15-7-6-10-17(13-15)23-12-11-22(2)3;/h4-7,10,13,16H,8-9,11-12,14H2,1-3H3,(H2,19,20,21);1H. The van der Waals surface area contributed by atoms with Crippen molar-refractivity contribution in [3.63, 3.8) is 0 Å². The summed E-state index contributed by atoms with van der Waals surface area (Å²) in [6, 6.07) is 8.65. The maximum absolute atomic E-state index is 5.77. The monoisotopic (exact) mass is 444 g/mol. The van der Waals surface area contributed by atoms with Crippen LogP contribution < -0.4 is 15.4 Å². The van der Waals surface area contributed by atoms with Crippen LogP contribution in [-0.2, 0) is 6.54 Å². The van der Waals surface area contributed by atoms with Crippen molar-refractivity contribution in [2.75, 3.05) is 34.3 Å². The molecule has 1 aromatic rings. The zero-order valence-corrected chi connectivity index (χ0v) is 17.1. The van der Waals surface area contributed by atoms with Gasteiger partial charge in [-0.1, -0.05) is 24.3 Å². The van der Waals surface area contributed by atoms with Crippen LogP contribution in [0.25, 0.3) is 0 Å². The lowest BCUT2D eigenvalue weighted by atomic mass is 10.2. The molecule has 2 rings (SSSR count). The zero-order chi connectivity index (χ0) is 16.5. The van der Waals surface area contributed by atoms with Crippen LogP contribution in [-0.4, -0.2) is 51.2 Å². The first-order chi connectivity index (χ1) is 11.2. The summed E-state index contributed by atoms with van der Waals surface area (Å²) in [4.78, 5) is 6.40. The number of hydrogen-bond donors (Lipinski definition) is 2. The fraction of sp³-hybridized carbons (Fsp3) is 0.500. The number of likely N-dealkylation sites (N-methyl/N-ethyl adjacent to an activating group) is 1. The number of rotatable bonds is 7. The highest BCUT2D eigenvalue weighted by Crippen LogP contribution is 2.13. The van der Waals surface area contributed by atoms with Crippen molar-refractivity contribution >= 4 is 29.9 Å². The van der Waals surface area contributed by atoms with Crippen LogP contribution >= 0.6 is 24.0 Å². The molecule has 0 saturated carbocycles. The summed E-state index contributed by atoms with van der Waals surface area (Å²) in [6.45, 7) is 2.33. The Bertz CT molecular complexity index is 538. The fourth-order valence-corrected chi connectivity index (χ4v) is 2.40. The van der Waals surface area contributed by atoms with Gasteiger partial charge in [0, 0.05) is 26.2 Å². The molecule has 0 radical (unpaired) electrons. The highest BCUT2D eigenvalue weighted by molar-refractivity contribution is 14.0. The lowest BCUT2D eigenvalue weighted by Crippen LogP contribution is -2.42. The van der Waals surface area contributed by atoms with Crippen LogP contribution in [0.15, 0.2) is 41.4 Å². The molecule has 5 nitrogen and oxygen atoms in total. The summed E-state index contributed by atoms with van der Waals surface area (Å²) in [5.41, 5.74) is 1.18. The number of benzene rings is 1. The summed E-state index contributed by atoms with van der Waals surface area (Å²) in [7, 11) is 5.89. The highest BCUT2D eigenvalue weighted by atomic mass is 127. The number of halogens is 1. The largest absolute Gasteiger partial charge is 0.492 e. The van der Waals surface area contributed by atoms with E-state index in [-0.39, 0.29) is 24.0 Å². The second-order valence-corrected chi connectivity index (χ2v) is 6.01. The van der Waals surface area contributed by atoms with Crippen molar-refractivity contribution in [1.29, 1.82) is 0 Å². The van der Waals surface area contributed by atoms with Gasteiger partial charge in [-0.25, -0.2) is 0 Å². The van der Waals surface area contributed by atoms with Crippen molar-refractivity contribution in [2.24, 2.45) is 4.99 Å². The highest BCUT2D eigenvalue weighted by Gasteiger charge is 2.11. The normalized spacial score (nSPS) is 14.6. The van der Waals surface area contributed by atoms with Crippen LogP contribution in [0.2, 0.25) is 0 Å². The van der Waals surface area contributed by atoms with Gasteiger partial charge in [0.05, 0.1) is 0 Å². The first kappa shape index (κ1) is 20.8. The average molecular weight is 444 g/mol. The molecule has 0 spiro atoms. The van der Waals surface area contributed by atoms with Crippen LogP contribution in [0.1, 0.15) is 18.4 Å². The van der Waals surface area contributed by atoms with Crippen LogP contribution in [0.5, 0.6) is 5.75 Å². The third-order valence-corrected chi connectivity index (χ3v) is 3.74. The molecule has 2 N–H and O–H groups in total. The van der Waals surface area contributed by atoms with E-state index in [4.69, 9.17) is 4.74 Å². The Balaban J connectivity index is 0.00000288. The molecule has 0 unspecified atom stereocenters. The van der Waals surface area contributed by atoms with E-state index in [0.29, 0.717) is 12.6 Å². The van der Waals surface area contributed by atoms with Gasteiger partial charge in [0.2, 0.25) is 0 Å². The Labute approximate surface area is 162 Å². The maximum atomic E-state index is 5.77. The van der Waals surface area contributed by atoms with Crippen molar-refractivity contribution in [1.82, 2.24) is 15.5 Å². The van der Waals surface area contributed by atoms with Crippen molar-refractivity contribution in [3.8, 4) is 5.75 Å². The van der Waals surface area contributed by atoms with Crippen LogP contribution in [0.4, 0.5) is 0 Å². The number of hydrogen-bond acceptors (Lipinski definition) is 3. The molecule has 0 amide bonds. The number of nitrogens with one attached hydrogen (secondary N) is 2. The van der Waals surface area contributed by atoms with Crippen molar-refractivity contribution in [3.05, 3.63) is 42.0 Å². The molecule has 1 aromatic carbocycles. The SMILES string of the molecule is CN=C(NCc1cccc(OCCN(C)C)c1)NC1CC=CC1.I. The molecule has 0 atom stereocenters. The fourth-order valence-electron chi connectivity index (χ4n) is 2.40. The van der Waals surface area contributed by atoms with E-state index >= 15 is 0 Å². The lowest BCUT2D eigenvalue weighted by molar-refractivity contribution is 0.261. The molecular weight excluding hydrogens is 415 g/mol. The third-order valence-electron chi connectivity index (χ3n) is 3.74. The number of ether oxygens (including phenoxy) is 1. The summed E-state index contributed by atoms with van der Waals surface area (Å²) in [6.07, 6.45) is 6.55. The Hall–Kier alpha value is -1.28. The quantitative estimate of drug-likeness (QED) is 0.294. The van der Waals surface area contributed by atoms with Gasteiger partial charge in [0.25, 0.3) is 0 Å². The molecule has 134 valence electrons. The molecule has 1 aliphatic rings. The summed E-state index contributed by atoms with van der Waals surface area (Å²) >= 11 is 0. The molecular formula is C18H29IN4O. The van der Waals surface area contributed by atoms with E-state index in [1.807, 2.05) is 26.2 Å². The van der Waals surface area contributed by atoms with E-state index in [1.54, 1.807) is 7.05 Å². The lowest BCUT2D eigenvalue weighted by Gasteiger charge is -2.17. The molecule has 0 aliphatic heterocycles. The molecule has 24 heavy (non-hydrogen) atoms. The van der Waals surface area contributed by atoms with E-state index < -0.39 is 0 Å². The maximum Gasteiger partial charge on any atom is 0.191 e. The Kier molecular flexibility index (Phi) is 9.78. The molecule has 0 aromatic heterocycles. The molecule has 0 saturated heterocycles. The minimum Gasteiger partial charge on any atom is -0.492 e. The topological polar surface area (TPSA) is 48.9 Å². The smallest absolute Gasteiger partial charge is 0.191 e. The second kappa shape index (κ2) is 11.3. The molecule has 0 fully saturated rings.